The van der Waals surface area contributed by atoms with Crippen molar-refractivity contribution in [3.8, 4) is 11.4 Å². The summed E-state index contributed by atoms with van der Waals surface area (Å²) in [6.45, 7) is 10.6. The minimum Gasteiger partial charge on any atom is -0.481 e. The molecule has 9 heteroatoms. The fourth-order valence-electron chi connectivity index (χ4n) is 3.37. The molecule has 2 N–H and O–H groups in total. The maximum Gasteiger partial charge on any atom is 0.311 e. The van der Waals surface area contributed by atoms with Crippen molar-refractivity contribution in [2.45, 2.75) is 39.7 Å². The van der Waals surface area contributed by atoms with E-state index in [1.54, 1.807) is 26.0 Å². The number of ether oxygens (including phenoxy) is 1. The molecule has 1 aliphatic rings. The molecule has 0 atom stereocenters. The van der Waals surface area contributed by atoms with Crippen LogP contribution in [0.4, 0.5) is 4.39 Å². The second kappa shape index (κ2) is 10.5. The van der Waals surface area contributed by atoms with Gasteiger partial charge in [-0.3, -0.25) is 9.89 Å². The van der Waals surface area contributed by atoms with Crippen LogP contribution in [0.5, 0.6) is 0 Å². The number of halogens is 1. The highest BCUT2D eigenvalue weighted by atomic mass is 19.1. The Bertz CT molecular complexity index is 1050. The number of rotatable bonds is 9. The van der Waals surface area contributed by atoms with E-state index in [-0.39, 0.29) is 18.5 Å². The van der Waals surface area contributed by atoms with Crippen LogP contribution in [0.3, 0.4) is 0 Å². The molecule has 0 saturated carbocycles. The van der Waals surface area contributed by atoms with Crippen LogP contribution in [0, 0.1) is 11.2 Å². The zero-order valence-corrected chi connectivity index (χ0v) is 19.2. The molecule has 1 aromatic heterocycles. The van der Waals surface area contributed by atoms with E-state index in [0.29, 0.717) is 17.2 Å². The predicted octanol–water partition coefficient (Wildman–Crippen LogP) is 4.15. The van der Waals surface area contributed by atoms with Gasteiger partial charge in [0.15, 0.2) is 11.6 Å². The zero-order chi connectivity index (χ0) is 24.0. The van der Waals surface area contributed by atoms with Crippen LogP contribution in [0.25, 0.3) is 17.0 Å². The molecule has 3 rings (SSSR count). The van der Waals surface area contributed by atoms with Gasteiger partial charge in [-0.1, -0.05) is 18.2 Å². The minimum atomic E-state index is -0.901. The van der Waals surface area contributed by atoms with Gasteiger partial charge >= 0.3 is 5.97 Å². The molecule has 1 saturated heterocycles. The Kier molecular flexibility index (Phi) is 7.75. The van der Waals surface area contributed by atoms with E-state index in [1.165, 1.54) is 12.1 Å². The summed E-state index contributed by atoms with van der Waals surface area (Å²) in [6, 6.07) is 6.18. The van der Waals surface area contributed by atoms with Gasteiger partial charge in [-0.2, -0.15) is 5.10 Å². The van der Waals surface area contributed by atoms with Crippen LogP contribution in [-0.4, -0.2) is 63.7 Å². The van der Waals surface area contributed by atoms with Crippen molar-refractivity contribution in [2.75, 3.05) is 19.7 Å². The fraction of sp³-hybridized carbons (Fsp3) is 0.417. The van der Waals surface area contributed by atoms with E-state index in [2.05, 4.69) is 31.8 Å². The molecule has 2 heterocycles. The number of aliphatic carboxylic acids is 1. The van der Waals surface area contributed by atoms with Crippen molar-refractivity contribution < 1.29 is 19.0 Å². The largest absolute Gasteiger partial charge is 0.481 e. The number of carboxylic acid groups (broad SMARTS) is 1. The lowest BCUT2D eigenvalue weighted by Gasteiger charge is -2.34. The molecule has 0 radical (unpaired) electrons. The Morgan fingerprint density at radius 2 is 2.12 bits per heavy atom. The van der Waals surface area contributed by atoms with E-state index in [1.807, 2.05) is 19.1 Å². The summed E-state index contributed by atoms with van der Waals surface area (Å²) < 4.78 is 19.3. The van der Waals surface area contributed by atoms with Gasteiger partial charge in [-0.25, -0.2) is 14.4 Å². The summed E-state index contributed by atoms with van der Waals surface area (Å²) in [5.41, 5.74) is 0.550. The Hall–Kier alpha value is -3.33. The number of likely N-dealkylation sites (tertiary alicyclic amines) is 1. The summed E-state index contributed by atoms with van der Waals surface area (Å²) in [7, 11) is 0. The maximum absolute atomic E-state index is 13.5. The number of allylic oxidation sites excluding steroid dienone is 3. The number of nitrogens with zero attached hydrogens (tertiary/aromatic N) is 4. The first kappa shape index (κ1) is 24.3. The van der Waals surface area contributed by atoms with E-state index in [4.69, 9.17) is 4.74 Å². The number of aromatic nitrogens is 3. The number of aliphatic imine (C=N–C) groups is 1. The number of benzene rings is 1. The van der Waals surface area contributed by atoms with Gasteiger partial charge in [0, 0.05) is 18.7 Å². The summed E-state index contributed by atoms with van der Waals surface area (Å²) in [4.78, 5) is 22.0. The van der Waals surface area contributed by atoms with Crippen LogP contribution in [-0.2, 0) is 9.53 Å². The predicted molar refractivity (Wildman–Crippen MR) is 125 cm³/mol. The number of aromatic amines is 1. The molecule has 0 bridgehead atoms. The molecule has 1 aromatic carbocycles. The van der Waals surface area contributed by atoms with Crippen molar-refractivity contribution in [2.24, 2.45) is 10.4 Å². The molecule has 1 aliphatic heterocycles. The summed E-state index contributed by atoms with van der Waals surface area (Å²) in [6.07, 6.45) is 5.33. The first-order chi connectivity index (χ1) is 15.7. The van der Waals surface area contributed by atoms with E-state index >= 15 is 0 Å². The standard InChI is InChI=1S/C24H30FN5O3/c1-16(21-27-22(29-28-21)17-6-5-7-18(25)14-17)8-9-20(26-4)30-12-10-19(11-13-30)33-15-24(2,3)23(31)32/h5-9,14,19H,4,10-13,15H2,1-3H3,(H,31,32)(H,27,28,29). The topological polar surface area (TPSA) is 104 Å². The Balaban J connectivity index is 1.60. The minimum absolute atomic E-state index is 0.0257. The van der Waals surface area contributed by atoms with Crippen molar-refractivity contribution in [1.82, 2.24) is 20.1 Å². The Morgan fingerprint density at radius 3 is 2.76 bits per heavy atom. The van der Waals surface area contributed by atoms with Crippen LogP contribution in [0.1, 0.15) is 39.4 Å². The monoisotopic (exact) mass is 455 g/mol. The lowest BCUT2D eigenvalue weighted by atomic mass is 9.95. The third kappa shape index (κ3) is 6.35. The lowest BCUT2D eigenvalue weighted by Crippen LogP contribution is -2.38. The van der Waals surface area contributed by atoms with E-state index < -0.39 is 11.4 Å². The van der Waals surface area contributed by atoms with Crippen molar-refractivity contribution in [3.63, 3.8) is 0 Å². The number of hydrogen-bond acceptors (Lipinski definition) is 6. The highest BCUT2D eigenvalue weighted by Gasteiger charge is 2.30. The molecule has 0 aliphatic carbocycles. The third-order valence-electron chi connectivity index (χ3n) is 5.61. The lowest BCUT2D eigenvalue weighted by molar-refractivity contribution is -0.152. The maximum atomic E-state index is 13.5. The second-order valence-corrected chi connectivity index (χ2v) is 8.74. The first-order valence-corrected chi connectivity index (χ1v) is 10.8. The quantitative estimate of drug-likeness (QED) is 0.435. The summed E-state index contributed by atoms with van der Waals surface area (Å²) >= 11 is 0. The number of hydrogen-bond donors (Lipinski definition) is 2. The fourth-order valence-corrected chi connectivity index (χ4v) is 3.37. The van der Waals surface area contributed by atoms with Gasteiger partial charge in [-0.15, -0.1) is 0 Å². The molecule has 0 spiro atoms. The smallest absolute Gasteiger partial charge is 0.311 e. The number of carboxylic acids is 1. The molecule has 2 aromatic rings. The van der Waals surface area contributed by atoms with Crippen LogP contribution < -0.4 is 0 Å². The molecule has 8 nitrogen and oxygen atoms in total. The average molecular weight is 456 g/mol. The van der Waals surface area contributed by atoms with Crippen molar-refractivity contribution in [3.05, 3.63) is 53.9 Å². The van der Waals surface area contributed by atoms with Crippen LogP contribution >= 0.6 is 0 Å². The van der Waals surface area contributed by atoms with Crippen molar-refractivity contribution in [1.29, 1.82) is 0 Å². The number of H-pyrrole nitrogens is 1. The molecule has 0 unspecified atom stereocenters. The molecule has 176 valence electrons. The second-order valence-electron chi connectivity index (χ2n) is 8.74. The van der Waals surface area contributed by atoms with Gasteiger partial charge in [0.05, 0.1) is 18.1 Å². The Morgan fingerprint density at radius 1 is 1.39 bits per heavy atom. The normalized spacial score (nSPS) is 16.2. The molecule has 1 fully saturated rings. The summed E-state index contributed by atoms with van der Waals surface area (Å²) in [5, 5.41) is 16.3. The van der Waals surface area contributed by atoms with Gasteiger partial charge in [0.25, 0.3) is 0 Å². The van der Waals surface area contributed by atoms with Crippen LogP contribution in [0.15, 0.2) is 47.2 Å². The van der Waals surface area contributed by atoms with Crippen molar-refractivity contribution >= 4 is 18.3 Å². The van der Waals surface area contributed by atoms with E-state index in [0.717, 1.165) is 37.3 Å². The third-order valence-corrected chi connectivity index (χ3v) is 5.61. The van der Waals surface area contributed by atoms with E-state index in [9.17, 15) is 14.3 Å². The van der Waals surface area contributed by atoms with Gasteiger partial charge < -0.3 is 14.7 Å². The first-order valence-electron chi connectivity index (χ1n) is 10.8. The number of piperidine rings is 1. The van der Waals surface area contributed by atoms with Gasteiger partial charge in [-0.05, 0) is 64.1 Å². The molecular weight excluding hydrogens is 425 g/mol. The highest BCUT2D eigenvalue weighted by molar-refractivity contribution is 5.73. The molecule has 0 amide bonds. The molecular formula is C24H30FN5O3. The Labute approximate surface area is 192 Å². The SMILES string of the molecule is C=NC(=CC=C(C)c1n[nH]c(-c2cccc(F)c2)n1)N1CCC(OCC(C)(C)C(=O)O)CC1. The average Bonchev–Trinajstić information content (AvgIpc) is 3.29. The number of carbonyl (C=O) groups is 1. The van der Waals surface area contributed by atoms with Gasteiger partial charge in [0.1, 0.15) is 11.6 Å². The van der Waals surface area contributed by atoms with Gasteiger partial charge in [0.2, 0.25) is 0 Å². The summed E-state index contributed by atoms with van der Waals surface area (Å²) in [5.74, 6) is 0.554. The molecule has 33 heavy (non-hydrogen) atoms. The highest BCUT2D eigenvalue weighted by Crippen LogP contribution is 2.23. The number of nitrogens with one attached hydrogen (secondary N) is 1. The zero-order valence-electron chi connectivity index (χ0n) is 19.2. The van der Waals surface area contributed by atoms with Crippen LogP contribution in [0.2, 0.25) is 0 Å².